The highest BCUT2D eigenvalue weighted by Gasteiger charge is 2.21. The summed E-state index contributed by atoms with van der Waals surface area (Å²) in [5.74, 6) is 0.326. The van der Waals surface area contributed by atoms with Crippen molar-refractivity contribution in [3.8, 4) is 0 Å². The SMILES string of the molecule is CCc1cc2c(=O)n(C(C)C(=O)Nc3cccc(C)c3C)c(C)nc2s1. The summed E-state index contributed by atoms with van der Waals surface area (Å²) in [6.45, 7) is 9.53. The van der Waals surface area contributed by atoms with E-state index in [1.165, 1.54) is 15.9 Å². The van der Waals surface area contributed by atoms with Gasteiger partial charge in [0.25, 0.3) is 5.56 Å². The van der Waals surface area contributed by atoms with Crippen molar-refractivity contribution in [3.05, 3.63) is 56.4 Å². The average Bonchev–Trinajstić information content (AvgIpc) is 3.02. The molecule has 1 aromatic carbocycles. The fourth-order valence-corrected chi connectivity index (χ4v) is 4.02. The quantitative estimate of drug-likeness (QED) is 0.751. The molecule has 1 N–H and O–H groups in total. The molecule has 1 amide bonds. The lowest BCUT2D eigenvalue weighted by Crippen LogP contribution is -2.33. The van der Waals surface area contributed by atoms with Crippen LogP contribution in [-0.2, 0) is 11.2 Å². The summed E-state index contributed by atoms with van der Waals surface area (Å²) in [5.41, 5.74) is 2.74. The molecule has 0 radical (unpaired) electrons. The molecule has 0 bridgehead atoms. The van der Waals surface area contributed by atoms with Crippen LogP contribution < -0.4 is 10.9 Å². The summed E-state index contributed by atoms with van der Waals surface area (Å²) < 4.78 is 1.48. The molecule has 3 aromatic rings. The largest absolute Gasteiger partial charge is 0.324 e. The molecule has 2 aromatic heterocycles. The van der Waals surface area contributed by atoms with Gasteiger partial charge in [0.2, 0.25) is 5.91 Å². The molecule has 2 heterocycles. The lowest BCUT2D eigenvalue weighted by Gasteiger charge is -2.18. The van der Waals surface area contributed by atoms with Crippen molar-refractivity contribution >= 4 is 33.1 Å². The average molecular weight is 369 g/mol. The Bertz CT molecular complexity index is 1050. The van der Waals surface area contributed by atoms with Gasteiger partial charge in [-0.1, -0.05) is 19.1 Å². The zero-order chi connectivity index (χ0) is 19.0. The number of nitrogens with zero attached hydrogens (tertiary/aromatic N) is 2. The van der Waals surface area contributed by atoms with Crippen molar-refractivity contribution in [2.24, 2.45) is 0 Å². The Labute approximate surface area is 156 Å². The molecule has 0 saturated carbocycles. The van der Waals surface area contributed by atoms with Gasteiger partial charge in [-0.3, -0.25) is 14.2 Å². The van der Waals surface area contributed by atoms with Crippen molar-refractivity contribution < 1.29 is 4.79 Å². The van der Waals surface area contributed by atoms with Gasteiger partial charge in [0.05, 0.1) is 5.39 Å². The number of hydrogen-bond acceptors (Lipinski definition) is 4. The minimum Gasteiger partial charge on any atom is -0.324 e. The Hall–Kier alpha value is -2.47. The molecule has 0 aliphatic rings. The molecule has 3 rings (SSSR count). The van der Waals surface area contributed by atoms with Gasteiger partial charge in [-0.25, -0.2) is 4.98 Å². The maximum Gasteiger partial charge on any atom is 0.263 e. The maximum absolute atomic E-state index is 12.9. The van der Waals surface area contributed by atoms with Crippen LogP contribution >= 0.6 is 11.3 Å². The minimum atomic E-state index is -0.649. The fraction of sp³-hybridized carbons (Fsp3) is 0.350. The molecule has 0 saturated heterocycles. The molecule has 0 aliphatic carbocycles. The van der Waals surface area contributed by atoms with Gasteiger partial charge in [-0.15, -0.1) is 11.3 Å². The minimum absolute atomic E-state index is 0.160. The third-order valence-electron chi connectivity index (χ3n) is 4.80. The van der Waals surface area contributed by atoms with Crippen LogP contribution in [0.15, 0.2) is 29.1 Å². The predicted molar refractivity (Wildman–Crippen MR) is 107 cm³/mol. The number of benzene rings is 1. The number of aryl methyl sites for hydroxylation is 3. The van der Waals surface area contributed by atoms with Crippen LogP contribution in [0.3, 0.4) is 0 Å². The van der Waals surface area contributed by atoms with Crippen LogP contribution in [0.25, 0.3) is 10.2 Å². The third-order valence-corrected chi connectivity index (χ3v) is 5.98. The summed E-state index contributed by atoms with van der Waals surface area (Å²) in [6.07, 6.45) is 0.863. The first kappa shape index (κ1) is 18.3. The molecule has 0 fully saturated rings. The number of fused-ring (bicyclic) bond motifs is 1. The summed E-state index contributed by atoms with van der Waals surface area (Å²) in [4.78, 5) is 32.1. The number of rotatable bonds is 4. The number of aromatic nitrogens is 2. The van der Waals surface area contributed by atoms with E-state index in [0.717, 1.165) is 32.9 Å². The van der Waals surface area contributed by atoms with Gasteiger partial charge in [0.15, 0.2) is 0 Å². The van der Waals surface area contributed by atoms with E-state index < -0.39 is 6.04 Å². The normalized spacial score (nSPS) is 12.3. The zero-order valence-electron chi connectivity index (χ0n) is 15.7. The first-order chi connectivity index (χ1) is 12.3. The molecule has 1 atom stereocenters. The number of carbonyl (C=O) groups excluding carboxylic acids is 1. The Morgan fingerprint density at radius 1 is 1.31 bits per heavy atom. The van der Waals surface area contributed by atoms with E-state index in [0.29, 0.717) is 11.2 Å². The highest BCUT2D eigenvalue weighted by Crippen LogP contribution is 2.24. The molecule has 136 valence electrons. The number of nitrogens with one attached hydrogen (secondary N) is 1. The fourth-order valence-electron chi connectivity index (χ4n) is 3.02. The van der Waals surface area contributed by atoms with E-state index >= 15 is 0 Å². The third kappa shape index (κ3) is 3.17. The van der Waals surface area contributed by atoms with Crippen molar-refractivity contribution in [1.82, 2.24) is 9.55 Å². The van der Waals surface area contributed by atoms with E-state index in [2.05, 4.69) is 17.2 Å². The van der Waals surface area contributed by atoms with Crippen LogP contribution in [-0.4, -0.2) is 15.5 Å². The molecule has 6 heteroatoms. The second-order valence-electron chi connectivity index (χ2n) is 6.53. The van der Waals surface area contributed by atoms with E-state index in [4.69, 9.17) is 0 Å². The van der Waals surface area contributed by atoms with Crippen molar-refractivity contribution in [1.29, 1.82) is 0 Å². The molecule has 0 spiro atoms. The lowest BCUT2D eigenvalue weighted by molar-refractivity contribution is -0.118. The van der Waals surface area contributed by atoms with Crippen LogP contribution in [0, 0.1) is 20.8 Å². The van der Waals surface area contributed by atoms with Gasteiger partial charge >= 0.3 is 0 Å². The lowest BCUT2D eigenvalue weighted by atomic mass is 10.1. The van der Waals surface area contributed by atoms with Gasteiger partial charge in [-0.2, -0.15) is 0 Å². The van der Waals surface area contributed by atoms with Gasteiger partial charge in [0.1, 0.15) is 16.7 Å². The molecular weight excluding hydrogens is 346 g/mol. The molecular formula is C20H23N3O2S. The highest BCUT2D eigenvalue weighted by molar-refractivity contribution is 7.18. The highest BCUT2D eigenvalue weighted by atomic mass is 32.1. The Morgan fingerprint density at radius 2 is 2.04 bits per heavy atom. The van der Waals surface area contributed by atoms with Crippen molar-refractivity contribution in [2.45, 2.75) is 47.1 Å². The number of hydrogen-bond donors (Lipinski definition) is 1. The van der Waals surface area contributed by atoms with Crippen molar-refractivity contribution in [3.63, 3.8) is 0 Å². The smallest absolute Gasteiger partial charge is 0.263 e. The first-order valence-corrected chi connectivity index (χ1v) is 9.53. The number of carbonyl (C=O) groups is 1. The Morgan fingerprint density at radius 3 is 2.73 bits per heavy atom. The number of thiophene rings is 1. The van der Waals surface area contributed by atoms with E-state index in [1.807, 2.05) is 38.1 Å². The predicted octanol–water partition coefficient (Wildman–Crippen LogP) is 4.15. The first-order valence-electron chi connectivity index (χ1n) is 8.72. The van der Waals surface area contributed by atoms with E-state index in [-0.39, 0.29) is 11.5 Å². The van der Waals surface area contributed by atoms with Crippen molar-refractivity contribution in [2.75, 3.05) is 5.32 Å². The molecule has 1 unspecified atom stereocenters. The Kier molecular flexibility index (Phi) is 4.96. The van der Waals surface area contributed by atoms with Crippen LogP contribution in [0.1, 0.15) is 41.7 Å². The van der Waals surface area contributed by atoms with Gasteiger partial charge in [0, 0.05) is 10.6 Å². The number of amides is 1. The van der Waals surface area contributed by atoms with E-state index in [9.17, 15) is 9.59 Å². The van der Waals surface area contributed by atoms with E-state index in [1.54, 1.807) is 13.8 Å². The van der Waals surface area contributed by atoms with Crippen LogP contribution in [0.2, 0.25) is 0 Å². The molecule has 0 aliphatic heterocycles. The molecule has 26 heavy (non-hydrogen) atoms. The monoisotopic (exact) mass is 369 g/mol. The van der Waals surface area contributed by atoms with Crippen LogP contribution in [0.5, 0.6) is 0 Å². The summed E-state index contributed by atoms with van der Waals surface area (Å²) >= 11 is 1.54. The molecule has 5 nitrogen and oxygen atoms in total. The summed E-state index contributed by atoms with van der Waals surface area (Å²) in [7, 11) is 0. The van der Waals surface area contributed by atoms with Gasteiger partial charge < -0.3 is 5.32 Å². The second-order valence-corrected chi connectivity index (χ2v) is 7.65. The maximum atomic E-state index is 12.9. The number of anilines is 1. The second kappa shape index (κ2) is 7.03. The summed E-state index contributed by atoms with van der Waals surface area (Å²) in [5, 5.41) is 3.53. The van der Waals surface area contributed by atoms with Gasteiger partial charge in [-0.05, 0) is 57.4 Å². The topological polar surface area (TPSA) is 64.0 Å². The Balaban J connectivity index is 1.98. The standard InChI is InChI=1S/C20H23N3O2S/c1-6-15-10-16-19(26-15)21-14(5)23(20(16)25)13(4)18(24)22-17-9-7-8-11(2)12(17)3/h7-10,13H,6H2,1-5H3,(H,22,24). The zero-order valence-corrected chi connectivity index (χ0v) is 16.5. The summed E-state index contributed by atoms with van der Waals surface area (Å²) in [6, 6.07) is 7.02. The van der Waals surface area contributed by atoms with Crippen LogP contribution in [0.4, 0.5) is 5.69 Å².